The van der Waals surface area contributed by atoms with E-state index in [1.165, 1.54) is 0 Å². The number of rotatable bonds is 11. The second-order valence-corrected chi connectivity index (χ2v) is 8.05. The predicted molar refractivity (Wildman–Crippen MR) is 129 cm³/mol. The summed E-state index contributed by atoms with van der Waals surface area (Å²) in [6.07, 6.45) is 0.628. The first-order chi connectivity index (χ1) is 15.5. The normalized spacial score (nSPS) is 10.6. The number of carbonyl (C=O) groups excluding carboxylic acids is 1. The van der Waals surface area contributed by atoms with E-state index in [4.69, 9.17) is 25.8 Å². The summed E-state index contributed by atoms with van der Waals surface area (Å²) in [5.74, 6) is 1.31. The molecular weight excluding hydrogens is 448 g/mol. The molecule has 0 fully saturated rings. The van der Waals surface area contributed by atoms with E-state index in [1.807, 2.05) is 50.4 Å². The molecule has 1 aromatic heterocycles. The highest BCUT2D eigenvalue weighted by Crippen LogP contribution is 2.39. The van der Waals surface area contributed by atoms with Crippen molar-refractivity contribution in [3.63, 3.8) is 0 Å². The minimum Gasteiger partial charge on any atom is -0.490 e. The largest absolute Gasteiger partial charge is 0.490 e. The highest BCUT2D eigenvalue weighted by atomic mass is 35.5. The summed E-state index contributed by atoms with van der Waals surface area (Å²) in [5.41, 5.74) is 2.41. The fourth-order valence-corrected chi connectivity index (χ4v) is 4.06. The van der Waals surface area contributed by atoms with Crippen molar-refractivity contribution < 1.29 is 19.0 Å². The van der Waals surface area contributed by atoms with Crippen LogP contribution in [0.1, 0.15) is 36.8 Å². The van der Waals surface area contributed by atoms with Gasteiger partial charge < -0.3 is 19.5 Å². The number of hydrogen-bond donors (Lipinski definition) is 1. The van der Waals surface area contributed by atoms with Gasteiger partial charge in [-0.3, -0.25) is 4.79 Å². The number of halogens is 1. The van der Waals surface area contributed by atoms with Crippen LogP contribution in [0, 0.1) is 0 Å². The molecule has 0 saturated carbocycles. The third kappa shape index (κ3) is 6.14. The van der Waals surface area contributed by atoms with Crippen LogP contribution in [0.25, 0.3) is 10.6 Å². The molecule has 0 aliphatic rings. The Labute approximate surface area is 197 Å². The third-order valence-corrected chi connectivity index (χ3v) is 5.67. The molecule has 1 N–H and O–H groups in total. The molecule has 0 bridgehead atoms. The molecule has 8 heteroatoms. The highest BCUT2D eigenvalue weighted by Gasteiger charge is 2.18. The molecule has 0 atom stereocenters. The van der Waals surface area contributed by atoms with Gasteiger partial charge in [-0.15, -0.1) is 11.3 Å². The molecular formula is C24H27ClN2O4S. The van der Waals surface area contributed by atoms with Crippen LogP contribution in [0.15, 0.2) is 41.8 Å². The Hall–Kier alpha value is -2.77. The van der Waals surface area contributed by atoms with Crippen LogP contribution in [0.2, 0.25) is 5.02 Å². The van der Waals surface area contributed by atoms with Crippen molar-refractivity contribution in [2.45, 2.75) is 27.2 Å². The fourth-order valence-electron chi connectivity index (χ4n) is 3.07. The minimum absolute atomic E-state index is 0.205. The topological polar surface area (TPSA) is 69.7 Å². The second kappa shape index (κ2) is 11.7. The predicted octanol–water partition coefficient (Wildman–Crippen LogP) is 5.63. The molecule has 0 aliphatic heterocycles. The Kier molecular flexibility index (Phi) is 8.76. The van der Waals surface area contributed by atoms with Gasteiger partial charge in [0.2, 0.25) is 5.75 Å². The number of amides is 1. The van der Waals surface area contributed by atoms with E-state index < -0.39 is 0 Å². The summed E-state index contributed by atoms with van der Waals surface area (Å²) in [6.45, 7) is 7.50. The summed E-state index contributed by atoms with van der Waals surface area (Å²) >= 11 is 7.52. The SMILES string of the molecule is CCOc1cc(C(=O)NCCc2csc(-c3ccc(Cl)cc3)n2)cc(OCC)c1OCC. The molecule has 1 heterocycles. The molecule has 0 aliphatic carbocycles. The lowest BCUT2D eigenvalue weighted by molar-refractivity contribution is 0.0953. The molecule has 32 heavy (non-hydrogen) atoms. The number of benzene rings is 2. The highest BCUT2D eigenvalue weighted by molar-refractivity contribution is 7.13. The van der Waals surface area contributed by atoms with Gasteiger partial charge in [0.15, 0.2) is 11.5 Å². The molecule has 0 saturated heterocycles. The molecule has 0 radical (unpaired) electrons. The van der Waals surface area contributed by atoms with Gasteiger partial charge in [0.05, 0.1) is 25.5 Å². The number of carbonyl (C=O) groups is 1. The van der Waals surface area contributed by atoms with Gasteiger partial charge in [0.25, 0.3) is 5.91 Å². The molecule has 0 spiro atoms. The van der Waals surface area contributed by atoms with Crippen LogP contribution < -0.4 is 19.5 Å². The van der Waals surface area contributed by atoms with E-state index in [2.05, 4.69) is 10.3 Å². The second-order valence-electron chi connectivity index (χ2n) is 6.76. The summed E-state index contributed by atoms with van der Waals surface area (Å²) < 4.78 is 17.1. The van der Waals surface area contributed by atoms with Crippen LogP contribution in [-0.2, 0) is 6.42 Å². The molecule has 6 nitrogen and oxygen atoms in total. The van der Waals surface area contributed by atoms with Crippen molar-refractivity contribution >= 4 is 28.8 Å². The van der Waals surface area contributed by atoms with Gasteiger partial charge in [-0.1, -0.05) is 23.7 Å². The van der Waals surface area contributed by atoms with Gasteiger partial charge in [-0.2, -0.15) is 0 Å². The first-order valence-corrected chi connectivity index (χ1v) is 11.9. The van der Waals surface area contributed by atoms with E-state index in [-0.39, 0.29) is 5.91 Å². The van der Waals surface area contributed by atoms with Gasteiger partial charge in [-0.05, 0) is 45.0 Å². The maximum absolute atomic E-state index is 12.8. The lowest BCUT2D eigenvalue weighted by Gasteiger charge is -2.17. The zero-order valence-corrected chi connectivity index (χ0v) is 20.0. The van der Waals surface area contributed by atoms with Crippen LogP contribution in [-0.4, -0.2) is 37.3 Å². The van der Waals surface area contributed by atoms with Crippen LogP contribution in [0.4, 0.5) is 0 Å². The van der Waals surface area contributed by atoms with E-state index in [0.717, 1.165) is 16.3 Å². The Morgan fingerprint density at radius 3 is 2.22 bits per heavy atom. The molecule has 3 rings (SSSR count). The van der Waals surface area contributed by atoms with Crippen molar-refractivity contribution in [1.82, 2.24) is 10.3 Å². The number of thiazole rings is 1. The number of aromatic nitrogens is 1. The zero-order chi connectivity index (χ0) is 22.9. The number of ether oxygens (including phenoxy) is 3. The van der Waals surface area contributed by atoms with E-state index >= 15 is 0 Å². The van der Waals surface area contributed by atoms with Crippen molar-refractivity contribution in [3.05, 3.63) is 58.1 Å². The number of nitrogens with one attached hydrogen (secondary N) is 1. The summed E-state index contributed by atoms with van der Waals surface area (Å²) in [4.78, 5) is 17.4. The fraction of sp³-hybridized carbons (Fsp3) is 0.333. The molecule has 3 aromatic rings. The third-order valence-electron chi connectivity index (χ3n) is 4.48. The van der Waals surface area contributed by atoms with Crippen molar-refractivity contribution in [2.75, 3.05) is 26.4 Å². The molecule has 2 aromatic carbocycles. The minimum atomic E-state index is -0.205. The first kappa shape index (κ1) is 23.9. The molecule has 170 valence electrons. The van der Waals surface area contributed by atoms with E-state index in [1.54, 1.807) is 23.5 Å². The Morgan fingerprint density at radius 2 is 1.62 bits per heavy atom. The maximum Gasteiger partial charge on any atom is 0.251 e. The lowest BCUT2D eigenvalue weighted by Crippen LogP contribution is -2.26. The Morgan fingerprint density at radius 1 is 1.00 bits per heavy atom. The quantitative estimate of drug-likeness (QED) is 0.390. The van der Waals surface area contributed by atoms with E-state index in [0.29, 0.717) is 60.6 Å². The van der Waals surface area contributed by atoms with Gasteiger partial charge in [-0.25, -0.2) is 4.98 Å². The van der Waals surface area contributed by atoms with Crippen LogP contribution >= 0.6 is 22.9 Å². The number of nitrogens with zero attached hydrogens (tertiary/aromatic N) is 1. The Bertz CT molecular complexity index is 1010. The van der Waals surface area contributed by atoms with Crippen LogP contribution in [0.3, 0.4) is 0 Å². The summed E-state index contributed by atoms with van der Waals surface area (Å²) in [7, 11) is 0. The summed E-state index contributed by atoms with van der Waals surface area (Å²) in [6, 6.07) is 11.0. The standard InChI is InChI=1S/C24H27ClN2O4S/c1-4-29-20-13-17(14-21(30-5-2)22(20)31-6-3)23(28)26-12-11-19-15-32-24(27-19)16-7-9-18(25)10-8-16/h7-10,13-15H,4-6,11-12H2,1-3H3,(H,26,28). The zero-order valence-electron chi connectivity index (χ0n) is 18.4. The van der Waals surface area contributed by atoms with Crippen molar-refractivity contribution in [1.29, 1.82) is 0 Å². The van der Waals surface area contributed by atoms with Crippen molar-refractivity contribution in [3.8, 4) is 27.8 Å². The smallest absolute Gasteiger partial charge is 0.251 e. The molecule has 0 unspecified atom stereocenters. The maximum atomic E-state index is 12.8. The Balaban J connectivity index is 1.66. The average Bonchev–Trinajstić information content (AvgIpc) is 3.25. The first-order valence-electron chi connectivity index (χ1n) is 10.6. The van der Waals surface area contributed by atoms with Gasteiger partial charge in [0.1, 0.15) is 5.01 Å². The number of hydrogen-bond acceptors (Lipinski definition) is 6. The average molecular weight is 475 g/mol. The van der Waals surface area contributed by atoms with E-state index in [9.17, 15) is 4.79 Å². The van der Waals surface area contributed by atoms with Crippen LogP contribution in [0.5, 0.6) is 17.2 Å². The lowest BCUT2D eigenvalue weighted by atomic mass is 10.1. The summed E-state index contributed by atoms with van der Waals surface area (Å²) in [5, 5.41) is 6.58. The monoisotopic (exact) mass is 474 g/mol. The molecule has 1 amide bonds. The van der Waals surface area contributed by atoms with Crippen molar-refractivity contribution in [2.24, 2.45) is 0 Å². The van der Waals surface area contributed by atoms with Gasteiger partial charge >= 0.3 is 0 Å². The van der Waals surface area contributed by atoms with Gasteiger partial charge in [0, 0.05) is 34.5 Å².